The molecule has 22 heavy (non-hydrogen) atoms. The second-order valence-electron chi connectivity index (χ2n) is 5.44. The zero-order chi connectivity index (χ0) is 15.9. The molecule has 0 radical (unpaired) electrons. The maximum absolute atomic E-state index is 13.6. The van der Waals surface area contributed by atoms with Crippen LogP contribution in [0.3, 0.4) is 0 Å². The summed E-state index contributed by atoms with van der Waals surface area (Å²) in [5, 5.41) is 3.72. The average molecular weight is 325 g/mol. The van der Waals surface area contributed by atoms with Crippen molar-refractivity contribution in [1.29, 1.82) is 0 Å². The first-order valence-corrected chi connectivity index (χ1v) is 8.38. The summed E-state index contributed by atoms with van der Waals surface area (Å²) in [7, 11) is -3.71. The molecule has 2 heterocycles. The number of nitrogens with zero attached hydrogens (tertiary/aromatic N) is 3. The quantitative estimate of drug-likeness (QED) is 0.863. The highest BCUT2D eigenvalue weighted by molar-refractivity contribution is 7.89. The molecular weight excluding hydrogens is 309 g/mol. The summed E-state index contributed by atoms with van der Waals surface area (Å²) in [4.78, 5) is 4.12. The predicted molar refractivity (Wildman–Crippen MR) is 76.3 cm³/mol. The molecule has 0 aliphatic carbocycles. The van der Waals surface area contributed by atoms with Crippen molar-refractivity contribution >= 4 is 10.0 Å². The van der Waals surface area contributed by atoms with E-state index in [1.807, 2.05) is 0 Å². The lowest BCUT2D eigenvalue weighted by Gasteiger charge is -2.16. The first-order chi connectivity index (χ1) is 10.4. The molecule has 1 saturated heterocycles. The van der Waals surface area contributed by atoms with Crippen LogP contribution in [0.1, 0.15) is 29.6 Å². The minimum atomic E-state index is -3.71. The smallest absolute Gasteiger partial charge is 0.243 e. The predicted octanol–water partition coefficient (Wildman–Crippen LogP) is 2.00. The van der Waals surface area contributed by atoms with Gasteiger partial charge in [-0.25, -0.2) is 12.8 Å². The van der Waals surface area contributed by atoms with E-state index in [-0.39, 0.29) is 17.4 Å². The van der Waals surface area contributed by atoms with Crippen molar-refractivity contribution in [3.63, 3.8) is 0 Å². The largest absolute Gasteiger partial charge is 0.339 e. The zero-order valence-corrected chi connectivity index (χ0v) is 13.1. The van der Waals surface area contributed by atoms with Gasteiger partial charge in [0.2, 0.25) is 15.9 Å². The lowest BCUT2D eigenvalue weighted by atomic mass is 10.1. The van der Waals surface area contributed by atoms with E-state index in [1.165, 1.54) is 16.4 Å². The molecule has 6 nitrogen and oxygen atoms in total. The molecule has 1 fully saturated rings. The number of aromatic nitrogens is 2. The number of benzene rings is 1. The molecular formula is C14H16FN3O3S. The van der Waals surface area contributed by atoms with Crippen molar-refractivity contribution < 1.29 is 17.3 Å². The second kappa shape index (κ2) is 5.44. The summed E-state index contributed by atoms with van der Waals surface area (Å²) < 4.78 is 45.2. The van der Waals surface area contributed by atoms with Gasteiger partial charge in [-0.05, 0) is 38.0 Å². The van der Waals surface area contributed by atoms with E-state index in [2.05, 4.69) is 10.1 Å². The molecule has 118 valence electrons. The van der Waals surface area contributed by atoms with Gasteiger partial charge in [0.1, 0.15) is 5.82 Å². The molecule has 3 rings (SSSR count). The van der Waals surface area contributed by atoms with E-state index in [4.69, 9.17) is 4.52 Å². The van der Waals surface area contributed by atoms with Gasteiger partial charge in [-0.3, -0.25) is 0 Å². The fourth-order valence-corrected chi connectivity index (χ4v) is 4.02. The third-order valence-corrected chi connectivity index (χ3v) is 5.69. The Bertz CT molecular complexity index is 803. The molecule has 0 N–H and O–H groups in total. The summed E-state index contributed by atoms with van der Waals surface area (Å²) in [5.41, 5.74) is 0.416. The van der Waals surface area contributed by atoms with Crippen LogP contribution in [0.4, 0.5) is 4.39 Å². The maximum atomic E-state index is 13.6. The minimum Gasteiger partial charge on any atom is -0.339 e. The Morgan fingerprint density at radius 2 is 2.14 bits per heavy atom. The lowest BCUT2D eigenvalue weighted by molar-refractivity contribution is 0.351. The fourth-order valence-electron chi connectivity index (χ4n) is 2.51. The van der Waals surface area contributed by atoms with Crippen LogP contribution in [-0.4, -0.2) is 36.0 Å². The molecule has 0 saturated carbocycles. The Morgan fingerprint density at radius 3 is 2.77 bits per heavy atom. The summed E-state index contributed by atoms with van der Waals surface area (Å²) in [5.74, 6) is 0.331. The topological polar surface area (TPSA) is 76.3 Å². The van der Waals surface area contributed by atoms with E-state index >= 15 is 0 Å². The van der Waals surface area contributed by atoms with E-state index in [9.17, 15) is 12.8 Å². The fraction of sp³-hybridized carbons (Fsp3) is 0.429. The van der Waals surface area contributed by atoms with Crippen molar-refractivity contribution in [2.24, 2.45) is 0 Å². The molecule has 1 aromatic heterocycles. The SMILES string of the molecule is Cc1noc([C@H]2CCN(S(=O)(=O)c3ccc(C)c(F)c3)C2)n1. The van der Waals surface area contributed by atoms with Crippen molar-refractivity contribution in [2.45, 2.75) is 31.1 Å². The van der Waals surface area contributed by atoms with Crippen molar-refractivity contribution in [2.75, 3.05) is 13.1 Å². The van der Waals surface area contributed by atoms with Gasteiger partial charge in [0.15, 0.2) is 5.82 Å². The van der Waals surface area contributed by atoms with Gasteiger partial charge in [0.25, 0.3) is 0 Å². The third-order valence-electron chi connectivity index (χ3n) is 3.82. The van der Waals surface area contributed by atoms with Crippen molar-refractivity contribution in [3.8, 4) is 0 Å². The highest BCUT2D eigenvalue weighted by Gasteiger charge is 2.35. The van der Waals surface area contributed by atoms with E-state index < -0.39 is 15.8 Å². The van der Waals surface area contributed by atoms with Crippen LogP contribution < -0.4 is 0 Å². The molecule has 1 atom stereocenters. The van der Waals surface area contributed by atoms with Gasteiger partial charge in [-0.2, -0.15) is 9.29 Å². The first kappa shape index (κ1) is 15.1. The number of hydrogen-bond donors (Lipinski definition) is 0. The Labute approximate surface area is 128 Å². The Kier molecular flexibility index (Phi) is 3.73. The van der Waals surface area contributed by atoms with E-state index in [0.29, 0.717) is 30.2 Å². The molecule has 1 aliphatic heterocycles. The van der Waals surface area contributed by atoms with Gasteiger partial charge < -0.3 is 4.52 Å². The van der Waals surface area contributed by atoms with Crippen LogP contribution in [0, 0.1) is 19.7 Å². The number of halogens is 1. The van der Waals surface area contributed by atoms with Gasteiger partial charge in [-0.1, -0.05) is 11.2 Å². The van der Waals surface area contributed by atoms with Crippen molar-refractivity contribution in [1.82, 2.24) is 14.4 Å². The molecule has 8 heteroatoms. The first-order valence-electron chi connectivity index (χ1n) is 6.94. The number of sulfonamides is 1. The summed E-state index contributed by atoms with van der Waals surface area (Å²) in [6, 6.07) is 3.96. The molecule has 1 aromatic carbocycles. The molecule has 0 bridgehead atoms. The Hall–Kier alpha value is -1.80. The summed E-state index contributed by atoms with van der Waals surface area (Å²) >= 11 is 0. The molecule has 0 spiro atoms. The van der Waals surface area contributed by atoms with Gasteiger partial charge in [0.05, 0.1) is 10.8 Å². The second-order valence-corrected chi connectivity index (χ2v) is 7.38. The van der Waals surface area contributed by atoms with E-state index in [1.54, 1.807) is 13.8 Å². The maximum Gasteiger partial charge on any atom is 0.243 e. The molecule has 2 aromatic rings. The highest BCUT2D eigenvalue weighted by Crippen LogP contribution is 2.30. The standard InChI is InChI=1S/C14H16FN3O3S/c1-9-3-4-12(7-13(9)15)22(19,20)18-6-5-11(8-18)14-16-10(2)17-21-14/h3-4,7,11H,5-6,8H2,1-2H3/t11-/m0/s1. The Balaban J connectivity index is 1.83. The van der Waals surface area contributed by atoms with Crippen LogP contribution in [-0.2, 0) is 10.0 Å². The van der Waals surface area contributed by atoms with E-state index in [0.717, 1.165) is 6.07 Å². The average Bonchev–Trinajstić information content (AvgIpc) is 3.10. The third kappa shape index (κ3) is 2.64. The van der Waals surface area contributed by atoms with Crippen LogP contribution in [0.25, 0.3) is 0 Å². The van der Waals surface area contributed by atoms with Crippen LogP contribution >= 0.6 is 0 Å². The zero-order valence-electron chi connectivity index (χ0n) is 12.3. The van der Waals surface area contributed by atoms with Crippen molar-refractivity contribution in [3.05, 3.63) is 41.3 Å². The molecule has 0 unspecified atom stereocenters. The number of hydrogen-bond acceptors (Lipinski definition) is 5. The molecule has 1 aliphatic rings. The molecule has 0 amide bonds. The highest BCUT2D eigenvalue weighted by atomic mass is 32.2. The van der Waals surface area contributed by atoms with Gasteiger partial charge in [-0.15, -0.1) is 0 Å². The van der Waals surface area contributed by atoms with Crippen LogP contribution in [0.2, 0.25) is 0 Å². The minimum absolute atomic E-state index is 0.0297. The monoisotopic (exact) mass is 325 g/mol. The van der Waals surface area contributed by atoms with Gasteiger partial charge >= 0.3 is 0 Å². The summed E-state index contributed by atoms with van der Waals surface area (Å²) in [6.45, 7) is 3.92. The summed E-state index contributed by atoms with van der Waals surface area (Å²) in [6.07, 6.45) is 0.606. The Morgan fingerprint density at radius 1 is 1.36 bits per heavy atom. The lowest BCUT2D eigenvalue weighted by Crippen LogP contribution is -2.28. The number of aryl methyl sites for hydroxylation is 2. The normalized spacial score (nSPS) is 19.7. The van der Waals surface area contributed by atoms with Gasteiger partial charge in [0, 0.05) is 13.1 Å². The van der Waals surface area contributed by atoms with Crippen LogP contribution in [0.5, 0.6) is 0 Å². The van der Waals surface area contributed by atoms with Crippen LogP contribution in [0.15, 0.2) is 27.6 Å². The number of rotatable bonds is 3.